The smallest absolute Gasteiger partial charge is 0.277 e. The van der Waals surface area contributed by atoms with Crippen molar-refractivity contribution in [1.82, 2.24) is 19.7 Å². The number of hydrogen-bond donors (Lipinski definition) is 1. The van der Waals surface area contributed by atoms with E-state index in [-0.39, 0.29) is 17.4 Å². The third kappa shape index (κ3) is 3.86. The van der Waals surface area contributed by atoms with E-state index >= 15 is 0 Å². The Hall–Kier alpha value is -3.09. The van der Waals surface area contributed by atoms with Gasteiger partial charge < -0.3 is 5.32 Å². The number of amides is 1. The summed E-state index contributed by atoms with van der Waals surface area (Å²) in [5.41, 5.74) is 4.56. The molecule has 0 saturated heterocycles. The van der Waals surface area contributed by atoms with Gasteiger partial charge in [-0.25, -0.2) is 9.97 Å². The molecule has 1 atom stereocenters. The highest BCUT2D eigenvalue weighted by molar-refractivity contribution is 5.88. The molecule has 1 aliphatic carbocycles. The Bertz CT molecular complexity index is 973. The maximum absolute atomic E-state index is 12.9. The summed E-state index contributed by atoms with van der Waals surface area (Å²) in [5, 5.41) is 6.86. The van der Waals surface area contributed by atoms with Crippen molar-refractivity contribution < 1.29 is 4.79 Å². The summed E-state index contributed by atoms with van der Waals surface area (Å²) < 4.78 is 1.22. The molecule has 1 aliphatic rings. The zero-order chi connectivity index (χ0) is 19.6. The molecule has 2 aromatic rings. The van der Waals surface area contributed by atoms with Gasteiger partial charge in [0.2, 0.25) is 5.91 Å². The second-order valence-corrected chi connectivity index (χ2v) is 6.83. The van der Waals surface area contributed by atoms with Gasteiger partial charge in [-0.3, -0.25) is 9.59 Å². The summed E-state index contributed by atoms with van der Waals surface area (Å²) in [6, 6.07) is 0. The number of nitrogens with one attached hydrogen (secondary N) is 1. The van der Waals surface area contributed by atoms with Gasteiger partial charge in [0.05, 0.1) is 24.3 Å². The predicted octanol–water partition coefficient (Wildman–Crippen LogP) is 2.61. The Balaban J connectivity index is 1.89. The van der Waals surface area contributed by atoms with E-state index in [1.807, 2.05) is 6.08 Å². The molecule has 0 saturated carbocycles. The molecule has 7 nitrogen and oxygen atoms in total. The minimum atomic E-state index is -0.207. The topological polar surface area (TPSA) is 89.8 Å². The first-order valence-corrected chi connectivity index (χ1v) is 8.90. The van der Waals surface area contributed by atoms with Gasteiger partial charge in [-0.15, -0.1) is 0 Å². The molecule has 0 spiro atoms. The largest absolute Gasteiger partial charge is 0.324 e. The lowest BCUT2D eigenvalue weighted by molar-refractivity contribution is -0.114. The van der Waals surface area contributed by atoms with E-state index in [0.29, 0.717) is 18.0 Å². The monoisotopic (exact) mass is 365 g/mol. The van der Waals surface area contributed by atoms with Crippen LogP contribution in [-0.4, -0.2) is 25.7 Å². The highest BCUT2D eigenvalue weighted by Gasteiger charge is 2.24. The van der Waals surface area contributed by atoms with Crippen molar-refractivity contribution in [2.75, 3.05) is 5.32 Å². The van der Waals surface area contributed by atoms with Crippen molar-refractivity contribution in [1.29, 1.82) is 0 Å². The van der Waals surface area contributed by atoms with Crippen molar-refractivity contribution in [3.63, 3.8) is 0 Å². The molecule has 2 aromatic heterocycles. The van der Waals surface area contributed by atoms with Gasteiger partial charge in [0.15, 0.2) is 0 Å². The van der Waals surface area contributed by atoms with Crippen LogP contribution in [0, 0.1) is 5.92 Å². The number of hydrogen-bond acceptors (Lipinski definition) is 5. The lowest BCUT2D eigenvalue weighted by Crippen LogP contribution is -2.31. The minimum absolute atomic E-state index is 0.180. The van der Waals surface area contributed by atoms with E-state index in [2.05, 4.69) is 40.8 Å². The lowest BCUT2D eigenvalue weighted by Gasteiger charge is -2.25. The summed E-state index contributed by atoms with van der Waals surface area (Å²) in [4.78, 5) is 32.2. The molecule has 27 heavy (non-hydrogen) atoms. The van der Waals surface area contributed by atoms with Crippen LogP contribution in [0.3, 0.4) is 0 Å². The van der Waals surface area contributed by atoms with Crippen LogP contribution in [0.25, 0.3) is 5.95 Å². The van der Waals surface area contributed by atoms with Crippen LogP contribution < -0.4 is 10.9 Å². The number of fused-ring (bicyclic) bond motifs is 1. The summed E-state index contributed by atoms with van der Waals surface area (Å²) in [6.07, 6.45) is 8.96. The molecule has 0 bridgehead atoms. The number of anilines is 1. The summed E-state index contributed by atoms with van der Waals surface area (Å²) in [7, 11) is 0. The Morgan fingerprint density at radius 2 is 1.96 bits per heavy atom. The van der Waals surface area contributed by atoms with E-state index in [4.69, 9.17) is 0 Å². The molecule has 1 unspecified atom stereocenters. The van der Waals surface area contributed by atoms with Gasteiger partial charge in [0.25, 0.3) is 11.5 Å². The minimum Gasteiger partial charge on any atom is -0.324 e. The van der Waals surface area contributed by atoms with Gasteiger partial charge >= 0.3 is 0 Å². The molecule has 140 valence electrons. The third-order valence-electron chi connectivity index (χ3n) is 5.06. The van der Waals surface area contributed by atoms with Crippen LogP contribution in [0.1, 0.15) is 38.3 Å². The van der Waals surface area contributed by atoms with E-state index in [0.717, 1.165) is 24.0 Å². The molecule has 7 heteroatoms. The summed E-state index contributed by atoms with van der Waals surface area (Å²) >= 11 is 0. The maximum atomic E-state index is 12.9. The maximum Gasteiger partial charge on any atom is 0.277 e. The molecular formula is C20H23N5O2. The quantitative estimate of drug-likeness (QED) is 0.841. The molecule has 1 N–H and O–H groups in total. The third-order valence-corrected chi connectivity index (χ3v) is 5.06. The molecule has 1 amide bonds. The van der Waals surface area contributed by atoms with Gasteiger partial charge in [-0.1, -0.05) is 23.8 Å². The molecular weight excluding hydrogens is 342 g/mol. The van der Waals surface area contributed by atoms with E-state index < -0.39 is 0 Å². The molecule has 3 rings (SSSR count). The Kier molecular flexibility index (Phi) is 5.30. The number of allylic oxidation sites excluding steroid dienone is 3. The van der Waals surface area contributed by atoms with Crippen molar-refractivity contribution in [3.8, 4) is 5.95 Å². The average Bonchev–Trinajstić information content (AvgIpc) is 2.67. The molecule has 0 radical (unpaired) electrons. The lowest BCUT2D eigenvalue weighted by atomic mass is 9.80. The normalized spacial score (nSPS) is 16.9. The van der Waals surface area contributed by atoms with Gasteiger partial charge in [-0.2, -0.15) is 9.78 Å². The van der Waals surface area contributed by atoms with Gasteiger partial charge in [-0.05, 0) is 44.6 Å². The molecule has 0 aliphatic heterocycles. The van der Waals surface area contributed by atoms with Crippen LogP contribution in [0.15, 0.2) is 47.2 Å². The first-order chi connectivity index (χ1) is 12.9. The first kappa shape index (κ1) is 18.7. The van der Waals surface area contributed by atoms with Gasteiger partial charge in [0.1, 0.15) is 0 Å². The van der Waals surface area contributed by atoms with Gasteiger partial charge in [0, 0.05) is 12.5 Å². The fourth-order valence-corrected chi connectivity index (χ4v) is 3.35. The van der Waals surface area contributed by atoms with E-state index in [1.165, 1.54) is 35.1 Å². The second kappa shape index (κ2) is 7.65. The summed E-state index contributed by atoms with van der Waals surface area (Å²) in [5.74, 6) is 0.388. The van der Waals surface area contributed by atoms with Crippen molar-refractivity contribution in [3.05, 3.63) is 63.9 Å². The standard InChI is InChI=1S/C20H23N5O2/c1-5-12(2)13(3)15-6-7-18-16(8-15)9-23-25(19(18)27)20-21-10-17(11-22-20)24-14(4)26/h5,9-11,15H,1,6-8H2,2-4H3,(H,24,26)/b13-12+. The Labute approximate surface area is 157 Å². The van der Waals surface area contributed by atoms with Crippen molar-refractivity contribution in [2.24, 2.45) is 5.92 Å². The second-order valence-electron chi connectivity index (χ2n) is 6.83. The highest BCUT2D eigenvalue weighted by Crippen LogP contribution is 2.30. The fraction of sp³-hybridized carbons (Fsp3) is 0.350. The van der Waals surface area contributed by atoms with Crippen LogP contribution in [-0.2, 0) is 17.6 Å². The van der Waals surface area contributed by atoms with Crippen LogP contribution in [0.5, 0.6) is 0 Å². The zero-order valence-electron chi connectivity index (χ0n) is 15.8. The van der Waals surface area contributed by atoms with E-state index in [1.54, 1.807) is 6.20 Å². The fourth-order valence-electron chi connectivity index (χ4n) is 3.35. The van der Waals surface area contributed by atoms with E-state index in [9.17, 15) is 9.59 Å². The van der Waals surface area contributed by atoms with Crippen molar-refractivity contribution in [2.45, 2.75) is 40.0 Å². The molecule has 0 fully saturated rings. The number of rotatable bonds is 4. The zero-order valence-corrected chi connectivity index (χ0v) is 15.8. The highest BCUT2D eigenvalue weighted by atomic mass is 16.1. The van der Waals surface area contributed by atoms with Crippen LogP contribution >= 0.6 is 0 Å². The number of nitrogens with zero attached hydrogens (tertiary/aromatic N) is 4. The first-order valence-electron chi connectivity index (χ1n) is 8.90. The van der Waals surface area contributed by atoms with Crippen LogP contribution in [0.4, 0.5) is 5.69 Å². The Morgan fingerprint density at radius 3 is 2.59 bits per heavy atom. The van der Waals surface area contributed by atoms with Crippen molar-refractivity contribution >= 4 is 11.6 Å². The number of carbonyl (C=O) groups excluding carboxylic acids is 1. The average molecular weight is 365 g/mol. The molecule has 2 heterocycles. The number of carbonyl (C=O) groups is 1. The summed E-state index contributed by atoms with van der Waals surface area (Å²) in [6.45, 7) is 9.44. The van der Waals surface area contributed by atoms with Crippen LogP contribution in [0.2, 0.25) is 0 Å². The Morgan fingerprint density at radius 1 is 1.26 bits per heavy atom. The predicted molar refractivity (Wildman–Crippen MR) is 104 cm³/mol. The number of aromatic nitrogens is 4. The SMILES string of the molecule is C=C/C(C)=C(\C)C1CCc2c(cnn(-c3ncc(NC(C)=O)cn3)c2=O)C1. The molecule has 0 aromatic carbocycles.